The van der Waals surface area contributed by atoms with E-state index in [0.717, 1.165) is 33.3 Å². The van der Waals surface area contributed by atoms with Crippen molar-refractivity contribution in [2.24, 2.45) is 0 Å². The predicted molar refractivity (Wildman–Crippen MR) is 118 cm³/mol. The molecule has 3 rings (SSSR count). The van der Waals surface area contributed by atoms with E-state index in [1.54, 1.807) is 7.11 Å². The van der Waals surface area contributed by atoms with Crippen molar-refractivity contribution in [3.63, 3.8) is 0 Å². The van der Waals surface area contributed by atoms with Gasteiger partial charge in [-0.1, -0.05) is 41.9 Å². The van der Waals surface area contributed by atoms with Gasteiger partial charge in [-0.05, 0) is 43.2 Å². The Labute approximate surface area is 176 Å². The summed E-state index contributed by atoms with van der Waals surface area (Å²) in [6, 6.07) is 15.8. The van der Waals surface area contributed by atoms with Crippen molar-refractivity contribution in [2.45, 2.75) is 20.4 Å². The Morgan fingerprint density at radius 2 is 1.97 bits per heavy atom. The van der Waals surface area contributed by atoms with Crippen molar-refractivity contribution >= 4 is 34.1 Å². The van der Waals surface area contributed by atoms with Gasteiger partial charge in [-0.2, -0.15) is 0 Å². The van der Waals surface area contributed by atoms with E-state index in [2.05, 4.69) is 10.3 Å². The summed E-state index contributed by atoms with van der Waals surface area (Å²) in [4.78, 5) is 19.2. The zero-order valence-electron chi connectivity index (χ0n) is 17.0. The number of benzene rings is 2. The fourth-order valence-corrected chi connectivity index (χ4v) is 3.41. The minimum atomic E-state index is -0.0697. The second-order valence-corrected chi connectivity index (χ2v) is 7.49. The maximum atomic E-state index is 12.7. The van der Waals surface area contributed by atoms with Crippen LogP contribution in [0.25, 0.3) is 10.9 Å². The Bertz CT molecular complexity index is 1010. The van der Waals surface area contributed by atoms with Gasteiger partial charge in [0.1, 0.15) is 5.15 Å². The first-order chi connectivity index (χ1) is 14.0. The van der Waals surface area contributed by atoms with Gasteiger partial charge in [0, 0.05) is 36.8 Å². The second kappa shape index (κ2) is 9.83. The number of amides is 1. The van der Waals surface area contributed by atoms with E-state index in [9.17, 15) is 4.79 Å². The zero-order valence-corrected chi connectivity index (χ0v) is 17.8. The van der Waals surface area contributed by atoms with Gasteiger partial charge in [-0.15, -0.1) is 0 Å². The van der Waals surface area contributed by atoms with Crippen LogP contribution in [0.3, 0.4) is 0 Å². The number of nitrogens with one attached hydrogen (secondary N) is 1. The average molecular weight is 412 g/mol. The van der Waals surface area contributed by atoms with Crippen LogP contribution in [-0.2, 0) is 16.1 Å². The fraction of sp³-hybridized carbons (Fsp3) is 0.304. The van der Waals surface area contributed by atoms with Crippen molar-refractivity contribution in [3.8, 4) is 0 Å². The van der Waals surface area contributed by atoms with Crippen LogP contribution in [0.15, 0.2) is 48.5 Å². The average Bonchev–Trinajstić information content (AvgIpc) is 2.70. The molecule has 0 aliphatic rings. The number of aryl methyl sites for hydroxylation is 1. The normalized spacial score (nSPS) is 11.2. The monoisotopic (exact) mass is 411 g/mol. The van der Waals surface area contributed by atoms with Crippen molar-refractivity contribution in [2.75, 3.05) is 32.1 Å². The van der Waals surface area contributed by atoms with E-state index in [1.807, 2.05) is 67.3 Å². The van der Waals surface area contributed by atoms with Crippen molar-refractivity contribution in [3.05, 3.63) is 70.4 Å². The lowest BCUT2D eigenvalue weighted by atomic mass is 10.1. The van der Waals surface area contributed by atoms with Gasteiger partial charge in [-0.3, -0.25) is 9.69 Å². The molecule has 1 aromatic heterocycles. The SMILES string of the molecule is COCCN(CC(=O)Nc1cccc(C)c1C)Cc1cc2ccccc2nc1Cl. The van der Waals surface area contributed by atoms with Gasteiger partial charge < -0.3 is 10.1 Å². The lowest BCUT2D eigenvalue weighted by molar-refractivity contribution is -0.117. The molecule has 0 fully saturated rings. The molecule has 0 saturated carbocycles. The molecule has 0 atom stereocenters. The van der Waals surface area contributed by atoms with Crippen molar-refractivity contribution in [1.29, 1.82) is 0 Å². The highest BCUT2D eigenvalue weighted by Crippen LogP contribution is 2.22. The molecule has 1 heterocycles. The third-order valence-electron chi connectivity index (χ3n) is 5.00. The molecule has 0 spiro atoms. The van der Waals surface area contributed by atoms with Crippen LogP contribution >= 0.6 is 11.6 Å². The number of aromatic nitrogens is 1. The third-order valence-corrected chi connectivity index (χ3v) is 5.33. The molecule has 0 bridgehead atoms. The lowest BCUT2D eigenvalue weighted by Gasteiger charge is -2.22. The fourth-order valence-electron chi connectivity index (χ4n) is 3.20. The topological polar surface area (TPSA) is 54.5 Å². The Morgan fingerprint density at radius 3 is 2.76 bits per heavy atom. The Balaban J connectivity index is 1.75. The highest BCUT2D eigenvalue weighted by molar-refractivity contribution is 6.30. The van der Waals surface area contributed by atoms with Gasteiger partial charge >= 0.3 is 0 Å². The van der Waals surface area contributed by atoms with E-state index in [4.69, 9.17) is 16.3 Å². The zero-order chi connectivity index (χ0) is 20.8. The molecule has 0 radical (unpaired) electrons. The number of nitrogens with zero attached hydrogens (tertiary/aromatic N) is 2. The molecule has 2 aromatic carbocycles. The molecular formula is C23H26ClN3O2. The number of anilines is 1. The van der Waals surface area contributed by atoms with E-state index in [-0.39, 0.29) is 12.5 Å². The minimum absolute atomic E-state index is 0.0697. The first-order valence-electron chi connectivity index (χ1n) is 9.59. The molecule has 0 aliphatic carbocycles. The predicted octanol–water partition coefficient (Wildman–Crippen LogP) is 4.59. The number of fused-ring (bicyclic) bond motifs is 1. The van der Waals surface area contributed by atoms with Gasteiger partial charge in [0.25, 0.3) is 0 Å². The van der Waals surface area contributed by atoms with Crippen LogP contribution in [0.4, 0.5) is 5.69 Å². The van der Waals surface area contributed by atoms with Crippen molar-refractivity contribution < 1.29 is 9.53 Å². The standard InChI is InChI=1S/C23H26ClN3O2/c1-16-7-6-10-20(17(16)2)25-22(28)15-27(11-12-29-3)14-19-13-18-8-4-5-9-21(18)26-23(19)24/h4-10,13H,11-12,14-15H2,1-3H3,(H,25,28). The van der Waals surface area contributed by atoms with Crippen LogP contribution in [0, 0.1) is 13.8 Å². The Morgan fingerprint density at radius 1 is 1.17 bits per heavy atom. The lowest BCUT2D eigenvalue weighted by Crippen LogP contribution is -2.35. The number of ether oxygens (including phenoxy) is 1. The molecule has 0 saturated heterocycles. The van der Waals surface area contributed by atoms with Crippen LogP contribution in [0.2, 0.25) is 5.15 Å². The Hall–Kier alpha value is -2.47. The summed E-state index contributed by atoms with van der Waals surface area (Å²) >= 11 is 6.42. The molecule has 6 heteroatoms. The molecule has 1 N–H and O–H groups in total. The molecular weight excluding hydrogens is 386 g/mol. The number of methoxy groups -OCH3 is 1. The number of carbonyl (C=O) groups is 1. The summed E-state index contributed by atoms with van der Waals surface area (Å²) in [6.07, 6.45) is 0. The third kappa shape index (κ3) is 5.54. The van der Waals surface area contributed by atoms with Crippen LogP contribution in [-0.4, -0.2) is 42.6 Å². The molecule has 3 aromatic rings. The highest BCUT2D eigenvalue weighted by atomic mass is 35.5. The number of pyridine rings is 1. The van der Waals surface area contributed by atoms with E-state index >= 15 is 0 Å². The van der Waals surface area contributed by atoms with Crippen molar-refractivity contribution in [1.82, 2.24) is 9.88 Å². The quantitative estimate of drug-likeness (QED) is 0.551. The molecule has 5 nitrogen and oxygen atoms in total. The summed E-state index contributed by atoms with van der Waals surface area (Å²) in [7, 11) is 1.65. The van der Waals surface area contributed by atoms with Gasteiger partial charge in [0.05, 0.1) is 18.7 Å². The summed E-state index contributed by atoms with van der Waals surface area (Å²) in [5.74, 6) is -0.0697. The first-order valence-corrected chi connectivity index (χ1v) is 9.97. The number of carbonyl (C=O) groups excluding carboxylic acids is 1. The van der Waals surface area contributed by atoms with E-state index in [1.165, 1.54) is 0 Å². The number of hydrogen-bond donors (Lipinski definition) is 1. The largest absolute Gasteiger partial charge is 0.383 e. The molecule has 0 aliphatic heterocycles. The smallest absolute Gasteiger partial charge is 0.238 e. The van der Waals surface area contributed by atoms with Crippen LogP contribution < -0.4 is 5.32 Å². The summed E-state index contributed by atoms with van der Waals surface area (Å²) in [6.45, 7) is 5.92. The number of halogens is 1. The van der Waals surface area contributed by atoms with Crippen LogP contribution in [0.1, 0.15) is 16.7 Å². The summed E-state index contributed by atoms with van der Waals surface area (Å²) in [5, 5.41) is 4.50. The molecule has 0 unspecified atom stereocenters. The molecule has 29 heavy (non-hydrogen) atoms. The second-order valence-electron chi connectivity index (χ2n) is 7.13. The van der Waals surface area contributed by atoms with Crippen LogP contribution in [0.5, 0.6) is 0 Å². The van der Waals surface area contributed by atoms with Gasteiger partial charge in [0.15, 0.2) is 0 Å². The minimum Gasteiger partial charge on any atom is -0.383 e. The van der Waals surface area contributed by atoms with E-state index < -0.39 is 0 Å². The maximum absolute atomic E-state index is 12.7. The summed E-state index contributed by atoms with van der Waals surface area (Å²) in [5.41, 5.74) is 4.81. The summed E-state index contributed by atoms with van der Waals surface area (Å²) < 4.78 is 5.22. The highest BCUT2D eigenvalue weighted by Gasteiger charge is 2.15. The maximum Gasteiger partial charge on any atom is 0.238 e. The van der Waals surface area contributed by atoms with Gasteiger partial charge in [-0.25, -0.2) is 4.98 Å². The molecule has 1 amide bonds. The van der Waals surface area contributed by atoms with E-state index in [0.29, 0.717) is 24.8 Å². The number of para-hydroxylation sites is 1. The Kier molecular flexibility index (Phi) is 7.20. The number of rotatable bonds is 8. The first kappa shape index (κ1) is 21.2. The van der Waals surface area contributed by atoms with Gasteiger partial charge in [0.2, 0.25) is 5.91 Å². The molecule has 152 valence electrons. The number of hydrogen-bond acceptors (Lipinski definition) is 4.